The van der Waals surface area contributed by atoms with Crippen LogP contribution < -0.4 is 21.2 Å². The first-order valence-corrected chi connectivity index (χ1v) is 13.9. The highest BCUT2D eigenvalue weighted by atomic mass is 28.4. The number of hydrazine groups is 1. The van der Waals surface area contributed by atoms with Crippen molar-refractivity contribution in [1.82, 2.24) is 10.9 Å². The van der Waals surface area contributed by atoms with E-state index >= 15 is 0 Å². The summed E-state index contributed by atoms with van der Waals surface area (Å²) >= 11 is 0. The molecule has 0 fully saturated rings. The molecule has 0 aliphatic rings. The zero-order valence-electron chi connectivity index (χ0n) is 21.4. The average Bonchev–Trinajstić information content (AvgIpc) is 2.74. The molecule has 2 N–H and O–H groups in total. The van der Waals surface area contributed by atoms with Gasteiger partial charge in [0, 0.05) is 12.6 Å². The number of benzene rings is 2. The van der Waals surface area contributed by atoms with Crippen LogP contribution in [0.1, 0.15) is 67.7 Å². The van der Waals surface area contributed by atoms with Crippen molar-refractivity contribution < 1.29 is 14.0 Å². The van der Waals surface area contributed by atoms with Gasteiger partial charge in [-0.15, -0.1) is 0 Å². The average molecular weight is 471 g/mol. The Bertz CT molecular complexity index is 806. The first-order chi connectivity index (χ1) is 15.5. The summed E-state index contributed by atoms with van der Waals surface area (Å²) in [5, 5.41) is 2.60. The van der Waals surface area contributed by atoms with Gasteiger partial charge in [-0.05, 0) is 62.4 Å². The Kier molecular flexibility index (Phi) is 9.70. The second kappa shape index (κ2) is 11.8. The molecule has 1 unspecified atom stereocenters. The van der Waals surface area contributed by atoms with Crippen LogP contribution in [0.2, 0.25) is 5.04 Å². The highest BCUT2D eigenvalue weighted by Crippen LogP contribution is 2.36. The second-order valence-electron chi connectivity index (χ2n) is 10.7. The third-order valence-electron chi connectivity index (χ3n) is 5.59. The lowest BCUT2D eigenvalue weighted by Gasteiger charge is -2.43. The first kappa shape index (κ1) is 27.1. The van der Waals surface area contributed by atoms with Crippen LogP contribution in [0.5, 0.6) is 0 Å². The molecular weight excluding hydrogens is 428 g/mol. The number of carbonyl (C=O) groups is 1. The highest BCUT2D eigenvalue weighted by Gasteiger charge is 2.49. The second-order valence-corrected chi connectivity index (χ2v) is 15.0. The molecule has 0 aromatic heterocycles. The van der Waals surface area contributed by atoms with Crippen molar-refractivity contribution in [3.05, 3.63) is 60.7 Å². The standard InChI is InChI=1S/C27H42N2O3Si/c1-22(28-29-25(30)32-26(2,3)4)16-14-15-21-31-33(27(5,6)7,23-17-10-8-11-18-23)24-19-12-9-13-20-24/h8-13,17-20,22,28H,14-16,21H2,1-7H3,(H,29,30). The minimum absolute atomic E-state index is 0.0120. The first-order valence-electron chi connectivity index (χ1n) is 12.0. The molecule has 0 aliphatic heterocycles. The molecule has 5 nitrogen and oxygen atoms in total. The summed E-state index contributed by atoms with van der Waals surface area (Å²) in [5.74, 6) is 0. The van der Waals surface area contributed by atoms with Crippen LogP contribution in [0.3, 0.4) is 0 Å². The number of carbonyl (C=O) groups excluding carboxylic acids is 1. The molecule has 0 heterocycles. The van der Waals surface area contributed by atoms with Crippen molar-refractivity contribution in [2.75, 3.05) is 6.61 Å². The number of unbranched alkanes of at least 4 members (excludes halogenated alkanes) is 1. The van der Waals surface area contributed by atoms with Gasteiger partial charge in [-0.2, -0.15) is 0 Å². The van der Waals surface area contributed by atoms with E-state index in [2.05, 4.69) is 99.2 Å². The van der Waals surface area contributed by atoms with Crippen LogP contribution in [0.4, 0.5) is 4.79 Å². The Morgan fingerprint density at radius 3 is 1.85 bits per heavy atom. The van der Waals surface area contributed by atoms with Crippen LogP contribution in [0.25, 0.3) is 0 Å². The summed E-state index contributed by atoms with van der Waals surface area (Å²) in [5.41, 5.74) is 5.16. The molecule has 0 aliphatic carbocycles. The molecular formula is C27H42N2O3Si. The highest BCUT2D eigenvalue weighted by molar-refractivity contribution is 6.99. The van der Waals surface area contributed by atoms with Gasteiger partial charge in [-0.1, -0.05) is 81.4 Å². The monoisotopic (exact) mass is 470 g/mol. The summed E-state index contributed by atoms with van der Waals surface area (Å²) in [7, 11) is -2.47. The number of amides is 1. The quantitative estimate of drug-likeness (QED) is 0.286. The lowest BCUT2D eigenvalue weighted by Crippen LogP contribution is -2.66. The van der Waals surface area contributed by atoms with Gasteiger partial charge in [-0.3, -0.25) is 5.43 Å². The minimum Gasteiger partial charge on any atom is -0.443 e. The Balaban J connectivity index is 1.97. The summed E-state index contributed by atoms with van der Waals surface area (Å²) in [6.45, 7) is 15.2. The maximum Gasteiger partial charge on any atom is 0.422 e. The van der Waals surface area contributed by atoms with E-state index in [1.807, 2.05) is 20.8 Å². The molecule has 1 amide bonds. The number of nitrogens with one attached hydrogen (secondary N) is 2. The molecule has 182 valence electrons. The molecule has 0 radical (unpaired) electrons. The predicted molar refractivity (Wildman–Crippen MR) is 139 cm³/mol. The van der Waals surface area contributed by atoms with Gasteiger partial charge < -0.3 is 9.16 Å². The fraction of sp³-hybridized carbons (Fsp3) is 0.519. The maximum atomic E-state index is 11.8. The van der Waals surface area contributed by atoms with Crippen LogP contribution in [0, 0.1) is 0 Å². The summed E-state index contributed by atoms with van der Waals surface area (Å²) < 4.78 is 12.2. The minimum atomic E-state index is -2.47. The smallest absolute Gasteiger partial charge is 0.422 e. The van der Waals surface area contributed by atoms with Gasteiger partial charge in [0.25, 0.3) is 8.32 Å². The lowest BCUT2D eigenvalue weighted by molar-refractivity contribution is 0.0488. The van der Waals surface area contributed by atoms with Gasteiger partial charge in [-0.25, -0.2) is 10.2 Å². The molecule has 0 spiro atoms. The fourth-order valence-corrected chi connectivity index (χ4v) is 8.70. The van der Waals surface area contributed by atoms with Crippen LogP contribution in [0.15, 0.2) is 60.7 Å². The molecule has 1 atom stereocenters. The normalized spacial score (nSPS) is 13.4. The fourth-order valence-electron chi connectivity index (χ4n) is 4.10. The summed E-state index contributed by atoms with van der Waals surface area (Å²) in [4.78, 5) is 11.8. The topological polar surface area (TPSA) is 59.6 Å². The van der Waals surface area contributed by atoms with E-state index in [1.54, 1.807) is 0 Å². The van der Waals surface area contributed by atoms with E-state index in [9.17, 15) is 4.79 Å². The van der Waals surface area contributed by atoms with E-state index in [4.69, 9.17) is 9.16 Å². The largest absolute Gasteiger partial charge is 0.443 e. The van der Waals surface area contributed by atoms with Crippen LogP contribution >= 0.6 is 0 Å². The van der Waals surface area contributed by atoms with E-state index in [1.165, 1.54) is 10.4 Å². The van der Waals surface area contributed by atoms with Crippen LogP contribution in [-0.4, -0.2) is 32.7 Å². The Hall–Kier alpha value is -2.15. The molecule has 2 aromatic carbocycles. The van der Waals surface area contributed by atoms with E-state index in [0.29, 0.717) is 6.61 Å². The van der Waals surface area contributed by atoms with Gasteiger partial charge in [0.05, 0.1) is 0 Å². The van der Waals surface area contributed by atoms with Crippen molar-refractivity contribution in [2.24, 2.45) is 0 Å². The van der Waals surface area contributed by atoms with Crippen molar-refractivity contribution in [1.29, 1.82) is 0 Å². The zero-order chi connectivity index (χ0) is 24.5. The van der Waals surface area contributed by atoms with Gasteiger partial charge in [0.1, 0.15) is 5.60 Å². The maximum absolute atomic E-state index is 11.8. The van der Waals surface area contributed by atoms with Crippen molar-refractivity contribution >= 4 is 24.8 Å². The SMILES string of the molecule is CC(CCCCO[Si](c1ccccc1)(c1ccccc1)C(C)(C)C)NNC(=O)OC(C)(C)C. The Morgan fingerprint density at radius 2 is 1.39 bits per heavy atom. The zero-order valence-corrected chi connectivity index (χ0v) is 22.4. The molecule has 0 bridgehead atoms. The number of ether oxygens (including phenoxy) is 1. The molecule has 33 heavy (non-hydrogen) atoms. The van der Waals surface area contributed by atoms with Crippen molar-refractivity contribution in [3.8, 4) is 0 Å². The summed E-state index contributed by atoms with van der Waals surface area (Å²) in [6, 6.07) is 21.6. The van der Waals surface area contributed by atoms with Crippen molar-refractivity contribution in [3.63, 3.8) is 0 Å². The van der Waals surface area contributed by atoms with Gasteiger partial charge >= 0.3 is 6.09 Å². The Labute approximate surface area is 201 Å². The van der Waals surface area contributed by atoms with Crippen LogP contribution in [-0.2, 0) is 9.16 Å². The molecule has 2 aromatic rings. The molecule has 0 saturated carbocycles. The Morgan fingerprint density at radius 1 is 0.879 bits per heavy atom. The third kappa shape index (κ3) is 7.98. The van der Waals surface area contributed by atoms with Gasteiger partial charge in [0.15, 0.2) is 0 Å². The predicted octanol–water partition coefficient (Wildman–Crippen LogP) is 5.15. The molecule has 2 rings (SSSR count). The molecule has 6 heteroatoms. The number of hydrogen-bond donors (Lipinski definition) is 2. The van der Waals surface area contributed by atoms with E-state index in [-0.39, 0.29) is 11.1 Å². The van der Waals surface area contributed by atoms with E-state index in [0.717, 1.165) is 19.3 Å². The summed E-state index contributed by atoms with van der Waals surface area (Å²) in [6.07, 6.45) is 2.44. The molecule has 0 saturated heterocycles. The number of rotatable bonds is 10. The third-order valence-corrected chi connectivity index (χ3v) is 10.6. The van der Waals surface area contributed by atoms with Crippen molar-refractivity contribution in [2.45, 2.75) is 84.4 Å². The number of hydrogen-bond acceptors (Lipinski definition) is 4. The lowest BCUT2D eigenvalue weighted by atomic mass is 10.1. The van der Waals surface area contributed by atoms with E-state index < -0.39 is 20.0 Å². The van der Waals surface area contributed by atoms with Gasteiger partial charge in [0.2, 0.25) is 0 Å².